The highest BCUT2D eigenvalue weighted by Crippen LogP contribution is 2.27. The van der Waals surface area contributed by atoms with Gasteiger partial charge in [-0.25, -0.2) is 0 Å². The molecule has 0 saturated carbocycles. The Morgan fingerprint density at radius 2 is 2.11 bits per heavy atom. The SMILES string of the molecule is Nc1ccc(NCCOCCO)c2cnccc12. The van der Waals surface area contributed by atoms with Crippen molar-refractivity contribution in [2.24, 2.45) is 0 Å². The molecule has 1 aromatic heterocycles. The summed E-state index contributed by atoms with van der Waals surface area (Å²) in [5.41, 5.74) is 7.64. The molecule has 5 nitrogen and oxygen atoms in total. The van der Waals surface area contributed by atoms with Gasteiger partial charge in [-0.2, -0.15) is 0 Å². The minimum absolute atomic E-state index is 0.0503. The molecule has 2 rings (SSSR count). The predicted octanol–water partition coefficient (Wildman–Crippen LogP) is 1.24. The monoisotopic (exact) mass is 247 g/mol. The van der Waals surface area contributed by atoms with E-state index >= 15 is 0 Å². The van der Waals surface area contributed by atoms with Crippen LogP contribution in [0.15, 0.2) is 30.6 Å². The molecule has 4 N–H and O–H groups in total. The van der Waals surface area contributed by atoms with E-state index in [2.05, 4.69) is 10.3 Å². The second-order valence-electron chi connectivity index (χ2n) is 3.89. The first-order valence-electron chi connectivity index (χ1n) is 5.87. The number of benzene rings is 1. The number of rotatable bonds is 6. The molecule has 18 heavy (non-hydrogen) atoms. The number of nitrogens with two attached hydrogens (primary N) is 1. The van der Waals surface area contributed by atoms with Crippen LogP contribution in [0.4, 0.5) is 11.4 Å². The summed E-state index contributed by atoms with van der Waals surface area (Å²) in [5.74, 6) is 0. The summed E-state index contributed by atoms with van der Waals surface area (Å²) in [6.45, 7) is 1.64. The molecule has 0 spiro atoms. The third kappa shape index (κ3) is 2.88. The van der Waals surface area contributed by atoms with Crippen molar-refractivity contribution in [3.63, 3.8) is 0 Å². The van der Waals surface area contributed by atoms with Gasteiger partial charge in [-0.15, -0.1) is 0 Å². The van der Waals surface area contributed by atoms with Crippen LogP contribution in [0.5, 0.6) is 0 Å². The number of aromatic nitrogens is 1. The average molecular weight is 247 g/mol. The Balaban J connectivity index is 2.07. The molecule has 1 aromatic carbocycles. The molecule has 0 aliphatic carbocycles. The lowest BCUT2D eigenvalue weighted by Gasteiger charge is -2.11. The Morgan fingerprint density at radius 1 is 1.22 bits per heavy atom. The molecule has 0 aliphatic heterocycles. The highest BCUT2D eigenvalue weighted by atomic mass is 16.5. The molecule has 1 heterocycles. The highest BCUT2D eigenvalue weighted by Gasteiger charge is 2.03. The molecule has 2 aromatic rings. The predicted molar refractivity (Wildman–Crippen MR) is 72.5 cm³/mol. The van der Waals surface area contributed by atoms with Crippen LogP contribution in [0.25, 0.3) is 10.8 Å². The van der Waals surface area contributed by atoms with Crippen LogP contribution < -0.4 is 11.1 Å². The van der Waals surface area contributed by atoms with Gasteiger partial charge in [0.25, 0.3) is 0 Å². The van der Waals surface area contributed by atoms with Crippen LogP contribution >= 0.6 is 0 Å². The first kappa shape index (κ1) is 12.6. The van der Waals surface area contributed by atoms with Crippen LogP contribution in [-0.4, -0.2) is 36.5 Å². The van der Waals surface area contributed by atoms with Crippen LogP contribution in [0, 0.1) is 0 Å². The van der Waals surface area contributed by atoms with Gasteiger partial charge in [-0.3, -0.25) is 4.98 Å². The average Bonchev–Trinajstić information content (AvgIpc) is 2.41. The van der Waals surface area contributed by atoms with Gasteiger partial charge in [0.05, 0.1) is 19.8 Å². The van der Waals surface area contributed by atoms with Gasteiger partial charge in [0.2, 0.25) is 0 Å². The smallest absolute Gasteiger partial charge is 0.0698 e. The van der Waals surface area contributed by atoms with Crippen molar-refractivity contribution in [1.82, 2.24) is 4.98 Å². The van der Waals surface area contributed by atoms with Crippen molar-refractivity contribution < 1.29 is 9.84 Å². The fraction of sp³-hybridized carbons (Fsp3) is 0.308. The third-order valence-electron chi connectivity index (χ3n) is 2.65. The van der Waals surface area contributed by atoms with Gasteiger partial charge in [0.1, 0.15) is 0 Å². The Labute approximate surface area is 106 Å². The third-order valence-corrected chi connectivity index (χ3v) is 2.65. The molecular formula is C13H17N3O2. The number of pyridine rings is 1. The van der Waals surface area contributed by atoms with Crippen molar-refractivity contribution in [3.05, 3.63) is 30.6 Å². The molecule has 0 amide bonds. The summed E-state index contributed by atoms with van der Waals surface area (Å²) in [5, 5.41) is 13.9. The molecule has 0 radical (unpaired) electrons. The highest BCUT2D eigenvalue weighted by molar-refractivity contribution is 6.00. The standard InChI is InChI=1S/C13H17N3O2/c14-12-1-2-13(16-5-7-18-8-6-17)11-9-15-4-3-10(11)12/h1-4,9,16-17H,5-8,14H2. The van der Waals surface area contributed by atoms with E-state index in [1.165, 1.54) is 0 Å². The van der Waals surface area contributed by atoms with E-state index < -0.39 is 0 Å². The molecule has 0 bridgehead atoms. The fourth-order valence-electron chi connectivity index (χ4n) is 1.79. The minimum Gasteiger partial charge on any atom is -0.398 e. The van der Waals surface area contributed by atoms with Crippen molar-refractivity contribution in [1.29, 1.82) is 0 Å². The summed E-state index contributed by atoms with van der Waals surface area (Å²) in [6.07, 6.45) is 3.52. The van der Waals surface area contributed by atoms with Crippen molar-refractivity contribution in [2.45, 2.75) is 0 Å². The van der Waals surface area contributed by atoms with Gasteiger partial charge in [0, 0.05) is 41.1 Å². The Bertz CT molecular complexity index is 517. The number of nitrogens with zero attached hydrogens (tertiary/aromatic N) is 1. The topological polar surface area (TPSA) is 80.4 Å². The van der Waals surface area contributed by atoms with E-state index in [0.29, 0.717) is 19.8 Å². The Hall–Kier alpha value is -1.85. The van der Waals surface area contributed by atoms with Crippen molar-refractivity contribution >= 4 is 22.1 Å². The number of fused-ring (bicyclic) bond motifs is 1. The Kier molecular flexibility index (Phi) is 4.33. The number of aliphatic hydroxyl groups excluding tert-OH is 1. The first-order valence-corrected chi connectivity index (χ1v) is 5.87. The van der Waals surface area contributed by atoms with E-state index in [9.17, 15) is 0 Å². The summed E-state index contributed by atoms with van der Waals surface area (Å²) in [6, 6.07) is 5.71. The number of hydrogen-bond acceptors (Lipinski definition) is 5. The van der Waals surface area contributed by atoms with Gasteiger partial charge in [0.15, 0.2) is 0 Å². The molecule has 0 unspecified atom stereocenters. The van der Waals surface area contributed by atoms with Crippen LogP contribution in [0.1, 0.15) is 0 Å². The second-order valence-corrected chi connectivity index (χ2v) is 3.89. The minimum atomic E-state index is 0.0503. The maximum atomic E-state index is 8.59. The van der Waals surface area contributed by atoms with E-state index in [1.807, 2.05) is 18.2 Å². The number of nitrogens with one attached hydrogen (secondary N) is 1. The number of hydrogen-bond donors (Lipinski definition) is 3. The van der Waals surface area contributed by atoms with Crippen LogP contribution in [-0.2, 0) is 4.74 Å². The number of anilines is 2. The van der Waals surface area contributed by atoms with E-state index in [4.69, 9.17) is 15.6 Å². The molecule has 0 aliphatic rings. The summed E-state index contributed by atoms with van der Waals surface area (Å²) in [7, 11) is 0. The van der Waals surface area contributed by atoms with E-state index in [0.717, 1.165) is 22.1 Å². The lowest BCUT2D eigenvalue weighted by atomic mass is 10.1. The lowest BCUT2D eigenvalue weighted by molar-refractivity contribution is 0.0992. The van der Waals surface area contributed by atoms with Crippen LogP contribution in [0.2, 0.25) is 0 Å². The largest absolute Gasteiger partial charge is 0.398 e. The van der Waals surface area contributed by atoms with E-state index in [1.54, 1.807) is 12.4 Å². The van der Waals surface area contributed by atoms with Gasteiger partial charge in [-0.1, -0.05) is 0 Å². The molecular weight excluding hydrogens is 230 g/mol. The number of ether oxygens (including phenoxy) is 1. The summed E-state index contributed by atoms with van der Waals surface area (Å²) in [4.78, 5) is 4.11. The second kappa shape index (κ2) is 6.18. The normalized spacial score (nSPS) is 10.7. The Morgan fingerprint density at radius 3 is 2.94 bits per heavy atom. The number of aliphatic hydroxyl groups is 1. The zero-order chi connectivity index (χ0) is 12.8. The molecule has 96 valence electrons. The molecule has 0 saturated heterocycles. The summed E-state index contributed by atoms with van der Waals surface area (Å²) < 4.78 is 5.19. The number of nitrogen functional groups attached to an aromatic ring is 1. The molecule has 5 heteroatoms. The van der Waals surface area contributed by atoms with Gasteiger partial charge in [-0.05, 0) is 18.2 Å². The van der Waals surface area contributed by atoms with Crippen molar-refractivity contribution in [2.75, 3.05) is 37.4 Å². The van der Waals surface area contributed by atoms with Crippen LogP contribution in [0.3, 0.4) is 0 Å². The van der Waals surface area contributed by atoms with Crippen molar-refractivity contribution in [3.8, 4) is 0 Å². The fourth-order valence-corrected chi connectivity index (χ4v) is 1.79. The molecule has 0 atom stereocenters. The zero-order valence-corrected chi connectivity index (χ0v) is 10.1. The summed E-state index contributed by atoms with van der Waals surface area (Å²) >= 11 is 0. The van der Waals surface area contributed by atoms with Gasteiger partial charge < -0.3 is 20.9 Å². The zero-order valence-electron chi connectivity index (χ0n) is 10.1. The molecule has 0 fully saturated rings. The van der Waals surface area contributed by atoms with E-state index in [-0.39, 0.29) is 6.61 Å². The quantitative estimate of drug-likeness (QED) is 0.528. The maximum Gasteiger partial charge on any atom is 0.0698 e. The lowest BCUT2D eigenvalue weighted by Crippen LogP contribution is -2.11. The van der Waals surface area contributed by atoms with Gasteiger partial charge >= 0.3 is 0 Å². The maximum absolute atomic E-state index is 8.59. The first-order chi connectivity index (χ1) is 8.83.